The van der Waals surface area contributed by atoms with Crippen LogP contribution in [0.3, 0.4) is 0 Å². The van der Waals surface area contributed by atoms with E-state index in [2.05, 4.69) is 5.32 Å². The molecule has 1 N–H and O–H groups in total. The molecule has 2 nitrogen and oxygen atoms in total. The lowest BCUT2D eigenvalue weighted by atomic mass is 9.94. The van der Waals surface area contributed by atoms with E-state index in [0.29, 0.717) is 18.2 Å². The van der Waals surface area contributed by atoms with Crippen LogP contribution in [0.25, 0.3) is 0 Å². The van der Waals surface area contributed by atoms with Gasteiger partial charge in [-0.25, -0.2) is 8.78 Å². The van der Waals surface area contributed by atoms with Crippen molar-refractivity contribution in [3.63, 3.8) is 0 Å². The van der Waals surface area contributed by atoms with Crippen molar-refractivity contribution >= 4 is 5.69 Å². The summed E-state index contributed by atoms with van der Waals surface area (Å²) in [7, 11) is 1.82. The van der Waals surface area contributed by atoms with Crippen LogP contribution in [0.15, 0.2) is 12.1 Å². The summed E-state index contributed by atoms with van der Waals surface area (Å²) >= 11 is 0. The van der Waals surface area contributed by atoms with E-state index in [-0.39, 0.29) is 11.7 Å². The van der Waals surface area contributed by atoms with Gasteiger partial charge in [0.15, 0.2) is 0 Å². The van der Waals surface area contributed by atoms with Crippen molar-refractivity contribution in [2.75, 3.05) is 11.9 Å². The van der Waals surface area contributed by atoms with E-state index in [1.54, 1.807) is 0 Å². The summed E-state index contributed by atoms with van der Waals surface area (Å²) in [6.07, 6.45) is 7.95. The maximum absolute atomic E-state index is 14.3. The highest BCUT2D eigenvalue weighted by Crippen LogP contribution is 2.31. The van der Waals surface area contributed by atoms with Crippen molar-refractivity contribution < 1.29 is 8.78 Å². The summed E-state index contributed by atoms with van der Waals surface area (Å²) in [5, 5.41) is 3.29. The molecule has 116 valence electrons. The van der Waals surface area contributed by atoms with Crippen LogP contribution in [0, 0.1) is 11.6 Å². The van der Waals surface area contributed by atoms with Crippen molar-refractivity contribution in [3.8, 4) is 0 Å². The minimum atomic E-state index is -0.435. The maximum atomic E-state index is 14.3. The second kappa shape index (κ2) is 6.30. The summed E-state index contributed by atoms with van der Waals surface area (Å²) in [6.45, 7) is 0.548. The number of nitrogens with one attached hydrogen (secondary N) is 1. The van der Waals surface area contributed by atoms with Crippen molar-refractivity contribution in [1.29, 1.82) is 0 Å². The normalized spacial score (nSPS) is 19.8. The molecule has 0 radical (unpaired) electrons. The van der Waals surface area contributed by atoms with E-state index in [1.807, 2.05) is 11.9 Å². The van der Waals surface area contributed by atoms with Gasteiger partial charge in [0.1, 0.15) is 17.3 Å². The van der Waals surface area contributed by atoms with Crippen molar-refractivity contribution in [3.05, 3.63) is 29.3 Å². The Morgan fingerprint density at radius 1 is 1.05 bits per heavy atom. The molecule has 2 aliphatic rings. The predicted molar refractivity (Wildman–Crippen MR) is 81.5 cm³/mol. The van der Waals surface area contributed by atoms with E-state index in [0.717, 1.165) is 25.7 Å². The lowest BCUT2D eigenvalue weighted by molar-refractivity contribution is 0.420. The van der Waals surface area contributed by atoms with Crippen LogP contribution in [0.2, 0.25) is 0 Å². The average molecular weight is 294 g/mol. The van der Waals surface area contributed by atoms with Gasteiger partial charge in [-0.2, -0.15) is 0 Å². The largest absolute Gasteiger partial charge is 0.367 e. The molecule has 0 atom stereocenters. The first-order valence-electron chi connectivity index (χ1n) is 8.09. The lowest BCUT2D eigenvalue weighted by Gasteiger charge is -2.33. The smallest absolute Gasteiger partial charge is 0.149 e. The Labute approximate surface area is 125 Å². The molecule has 0 amide bonds. The second-order valence-electron chi connectivity index (χ2n) is 6.47. The number of nitrogens with zero attached hydrogens (tertiary/aromatic N) is 1. The van der Waals surface area contributed by atoms with Gasteiger partial charge in [0.25, 0.3) is 0 Å². The SMILES string of the molecule is CN(c1c(F)cc(CNC2CC2)cc1F)C1CCCCC1. The molecule has 21 heavy (non-hydrogen) atoms. The third kappa shape index (κ3) is 3.54. The fraction of sp³-hybridized carbons (Fsp3) is 0.647. The highest BCUT2D eigenvalue weighted by molar-refractivity contribution is 5.51. The molecule has 0 aromatic heterocycles. The van der Waals surface area contributed by atoms with Crippen LogP contribution in [0.4, 0.5) is 14.5 Å². The number of benzene rings is 1. The van der Waals surface area contributed by atoms with Gasteiger partial charge in [-0.3, -0.25) is 0 Å². The number of anilines is 1. The summed E-state index contributed by atoms with van der Waals surface area (Å²) in [5.41, 5.74) is 0.828. The molecule has 0 saturated heterocycles. The third-order valence-electron chi connectivity index (χ3n) is 4.72. The van der Waals surface area contributed by atoms with Crippen molar-refractivity contribution in [1.82, 2.24) is 5.32 Å². The minimum Gasteiger partial charge on any atom is -0.367 e. The molecule has 2 fully saturated rings. The monoisotopic (exact) mass is 294 g/mol. The average Bonchev–Trinajstić information content (AvgIpc) is 3.29. The molecule has 4 heteroatoms. The zero-order valence-corrected chi connectivity index (χ0v) is 12.7. The zero-order chi connectivity index (χ0) is 14.8. The van der Waals surface area contributed by atoms with Crippen LogP contribution in [-0.2, 0) is 6.54 Å². The molecule has 1 aromatic carbocycles. The first-order chi connectivity index (χ1) is 10.1. The highest BCUT2D eigenvalue weighted by atomic mass is 19.1. The summed E-state index contributed by atoms with van der Waals surface area (Å²) in [5.74, 6) is -0.869. The Morgan fingerprint density at radius 2 is 1.67 bits per heavy atom. The Kier molecular flexibility index (Phi) is 4.43. The quantitative estimate of drug-likeness (QED) is 0.883. The maximum Gasteiger partial charge on any atom is 0.149 e. The highest BCUT2D eigenvalue weighted by Gasteiger charge is 2.24. The van der Waals surface area contributed by atoms with Crippen LogP contribution in [0.1, 0.15) is 50.5 Å². The molecule has 0 bridgehead atoms. The van der Waals surface area contributed by atoms with Crippen LogP contribution in [0.5, 0.6) is 0 Å². The van der Waals surface area contributed by atoms with E-state index < -0.39 is 11.6 Å². The summed E-state index contributed by atoms with van der Waals surface area (Å²) < 4.78 is 28.7. The van der Waals surface area contributed by atoms with Gasteiger partial charge in [0, 0.05) is 25.7 Å². The Morgan fingerprint density at radius 3 is 2.24 bits per heavy atom. The van der Waals surface area contributed by atoms with Gasteiger partial charge in [-0.1, -0.05) is 19.3 Å². The second-order valence-corrected chi connectivity index (χ2v) is 6.47. The first-order valence-corrected chi connectivity index (χ1v) is 8.09. The number of rotatable bonds is 5. The molecule has 1 aromatic rings. The molecular weight excluding hydrogens is 270 g/mol. The Bertz CT molecular complexity index is 471. The van der Waals surface area contributed by atoms with Crippen LogP contribution >= 0.6 is 0 Å². The number of hydrogen-bond donors (Lipinski definition) is 1. The molecule has 3 rings (SSSR count). The molecule has 0 aliphatic heterocycles. The summed E-state index contributed by atoms with van der Waals surface area (Å²) in [6, 6.07) is 3.76. The molecule has 0 spiro atoms. The molecular formula is C17H24F2N2. The van der Waals surface area contributed by atoms with Gasteiger partial charge in [-0.15, -0.1) is 0 Å². The van der Waals surface area contributed by atoms with Gasteiger partial charge in [-0.05, 0) is 43.4 Å². The van der Waals surface area contributed by atoms with Crippen LogP contribution in [-0.4, -0.2) is 19.1 Å². The Balaban J connectivity index is 1.74. The minimum absolute atomic E-state index is 0.136. The van der Waals surface area contributed by atoms with Gasteiger partial charge in [0.05, 0.1) is 0 Å². The predicted octanol–water partition coefficient (Wildman–Crippen LogP) is 3.99. The van der Waals surface area contributed by atoms with Gasteiger partial charge < -0.3 is 10.2 Å². The summed E-state index contributed by atoms with van der Waals surface area (Å²) in [4.78, 5) is 1.81. The van der Waals surface area contributed by atoms with Crippen molar-refractivity contribution in [2.24, 2.45) is 0 Å². The fourth-order valence-corrected chi connectivity index (χ4v) is 3.26. The zero-order valence-electron chi connectivity index (χ0n) is 12.7. The Hall–Kier alpha value is -1.16. The van der Waals surface area contributed by atoms with Crippen molar-refractivity contribution in [2.45, 2.75) is 63.6 Å². The number of halogens is 2. The van der Waals surface area contributed by atoms with E-state index >= 15 is 0 Å². The molecule has 0 unspecified atom stereocenters. The molecule has 0 heterocycles. The first kappa shape index (κ1) is 14.8. The van der Waals surface area contributed by atoms with E-state index in [4.69, 9.17) is 0 Å². The number of hydrogen-bond acceptors (Lipinski definition) is 2. The van der Waals surface area contributed by atoms with E-state index in [1.165, 1.54) is 31.4 Å². The standard InChI is InChI=1S/C17H24F2N2/c1-21(14-5-3-2-4-6-14)17-15(18)9-12(10-16(17)19)11-20-13-7-8-13/h9-10,13-14,20H,2-8,11H2,1H3. The van der Waals surface area contributed by atoms with Gasteiger partial charge >= 0.3 is 0 Å². The van der Waals surface area contributed by atoms with E-state index in [9.17, 15) is 8.78 Å². The van der Waals surface area contributed by atoms with Crippen LogP contribution < -0.4 is 10.2 Å². The fourth-order valence-electron chi connectivity index (χ4n) is 3.26. The van der Waals surface area contributed by atoms with Gasteiger partial charge in [0.2, 0.25) is 0 Å². The molecule has 2 saturated carbocycles. The third-order valence-corrected chi connectivity index (χ3v) is 4.72. The molecule has 2 aliphatic carbocycles. The lowest BCUT2D eigenvalue weighted by Crippen LogP contribution is -2.34. The topological polar surface area (TPSA) is 15.3 Å².